The molecule has 1 saturated heterocycles. The van der Waals surface area contributed by atoms with Crippen molar-refractivity contribution in [3.05, 3.63) is 53.6 Å². The van der Waals surface area contributed by atoms with Gasteiger partial charge >= 0.3 is 0 Å². The van der Waals surface area contributed by atoms with Crippen molar-refractivity contribution in [3.63, 3.8) is 0 Å². The molecule has 3 aliphatic rings. The molecule has 3 aliphatic heterocycles. The molecule has 0 radical (unpaired) electrons. The second-order valence-corrected chi connectivity index (χ2v) is 8.03. The Balaban J connectivity index is 1.78. The molecule has 1 spiro atoms. The molecule has 4 rings (SSSR count). The van der Waals surface area contributed by atoms with E-state index in [1.807, 2.05) is 17.1 Å². The Kier molecular flexibility index (Phi) is 4.31. The zero-order valence-corrected chi connectivity index (χ0v) is 15.0. The number of allylic oxidation sites excluding steroid dienone is 2. The van der Waals surface area contributed by atoms with Gasteiger partial charge in [-0.1, -0.05) is 36.9 Å². The fourth-order valence-corrected chi connectivity index (χ4v) is 5.53. The molecule has 2 atom stereocenters. The molecule has 132 valence electrons. The smallest absolute Gasteiger partial charge is 0.127 e. The van der Waals surface area contributed by atoms with Crippen LogP contribution < -0.4 is 5.32 Å². The monoisotopic (exact) mass is 361 g/mol. The van der Waals surface area contributed by atoms with Crippen molar-refractivity contribution < 1.29 is 8.78 Å². The Labute approximate surface area is 150 Å². The minimum atomic E-state index is -0.335. The number of hydrogen-bond donors (Lipinski definition) is 1. The molecule has 1 fully saturated rings. The number of benzene rings is 1. The van der Waals surface area contributed by atoms with Gasteiger partial charge in [0.2, 0.25) is 0 Å². The predicted molar refractivity (Wildman–Crippen MR) is 100.0 cm³/mol. The Morgan fingerprint density at radius 1 is 1.48 bits per heavy atom. The van der Waals surface area contributed by atoms with Crippen LogP contribution in [0, 0.1) is 5.92 Å². The van der Waals surface area contributed by atoms with Gasteiger partial charge in [-0.15, -0.1) is 0 Å². The van der Waals surface area contributed by atoms with Gasteiger partial charge in [-0.2, -0.15) is 5.10 Å². The third-order valence-electron chi connectivity index (χ3n) is 5.26. The van der Waals surface area contributed by atoms with Gasteiger partial charge in [-0.3, -0.25) is 5.01 Å². The predicted octanol–water partition coefficient (Wildman–Crippen LogP) is 4.81. The SMILES string of the molecule is CC/C(F)=C\C(=C\F)C1=NN2CCC3CNc4ccccc4C3(C2)S1. The molecular formula is C19H21F2N3S. The zero-order chi connectivity index (χ0) is 17.4. The number of piperidine rings is 1. The number of hydrogen-bond acceptors (Lipinski definition) is 4. The second kappa shape index (κ2) is 6.48. The summed E-state index contributed by atoms with van der Waals surface area (Å²) in [5.41, 5.74) is 2.60. The van der Waals surface area contributed by atoms with Gasteiger partial charge < -0.3 is 5.32 Å². The highest BCUT2D eigenvalue weighted by atomic mass is 32.2. The van der Waals surface area contributed by atoms with E-state index in [0.717, 1.165) is 31.7 Å². The molecule has 2 bridgehead atoms. The van der Waals surface area contributed by atoms with Crippen molar-refractivity contribution in [2.75, 3.05) is 25.0 Å². The van der Waals surface area contributed by atoms with Crippen molar-refractivity contribution in [3.8, 4) is 0 Å². The maximum absolute atomic E-state index is 13.8. The van der Waals surface area contributed by atoms with E-state index in [-0.39, 0.29) is 22.6 Å². The summed E-state index contributed by atoms with van der Waals surface area (Å²) in [4.78, 5) is 0. The first-order valence-electron chi connectivity index (χ1n) is 8.69. The highest BCUT2D eigenvalue weighted by Crippen LogP contribution is 2.55. The lowest BCUT2D eigenvalue weighted by Crippen LogP contribution is -2.55. The molecule has 1 N–H and O–H groups in total. The number of para-hydroxylation sites is 1. The minimum Gasteiger partial charge on any atom is -0.384 e. The fourth-order valence-electron chi connectivity index (χ4n) is 3.93. The van der Waals surface area contributed by atoms with E-state index in [1.165, 1.54) is 11.6 Å². The Morgan fingerprint density at radius 2 is 2.32 bits per heavy atom. The number of halogens is 2. The third-order valence-corrected chi connectivity index (χ3v) is 6.82. The van der Waals surface area contributed by atoms with Crippen molar-refractivity contribution in [2.24, 2.45) is 11.0 Å². The van der Waals surface area contributed by atoms with E-state index in [4.69, 9.17) is 0 Å². The normalized spacial score (nSPS) is 28.7. The summed E-state index contributed by atoms with van der Waals surface area (Å²) in [5, 5.41) is 10.7. The van der Waals surface area contributed by atoms with Crippen molar-refractivity contribution >= 4 is 22.5 Å². The van der Waals surface area contributed by atoms with Gasteiger partial charge in [-0.25, -0.2) is 8.78 Å². The zero-order valence-electron chi connectivity index (χ0n) is 14.1. The standard InChI is InChI=1S/C19H21F2N3S/c1-2-15(21)9-13(10-20)18-23-24-8-7-14-11-22-17-6-4-3-5-16(17)19(14,12-24)25-18/h3-6,9-10,14,22H,2,7-8,11-12H2,1H3/b13-10-,15-9+. The van der Waals surface area contributed by atoms with Gasteiger partial charge in [0.15, 0.2) is 0 Å². The maximum atomic E-state index is 13.8. The summed E-state index contributed by atoms with van der Waals surface area (Å²) >= 11 is 1.59. The molecule has 0 amide bonds. The summed E-state index contributed by atoms with van der Waals surface area (Å²) in [6.45, 7) is 4.27. The lowest BCUT2D eigenvalue weighted by molar-refractivity contribution is 0.145. The highest BCUT2D eigenvalue weighted by Gasteiger charge is 2.51. The summed E-state index contributed by atoms with van der Waals surface area (Å²) in [7, 11) is 0. The molecule has 0 saturated carbocycles. The average molecular weight is 361 g/mol. The minimum absolute atomic E-state index is 0.165. The topological polar surface area (TPSA) is 27.6 Å². The van der Waals surface area contributed by atoms with E-state index < -0.39 is 0 Å². The van der Waals surface area contributed by atoms with Crippen molar-refractivity contribution in [2.45, 2.75) is 24.5 Å². The van der Waals surface area contributed by atoms with Gasteiger partial charge in [0.25, 0.3) is 0 Å². The number of rotatable bonds is 3. The van der Waals surface area contributed by atoms with Crippen LogP contribution >= 0.6 is 11.8 Å². The van der Waals surface area contributed by atoms with Crippen molar-refractivity contribution in [1.29, 1.82) is 0 Å². The molecule has 3 heterocycles. The first kappa shape index (κ1) is 16.6. The molecule has 1 aromatic rings. The second-order valence-electron chi connectivity index (χ2n) is 6.71. The number of fused-ring (bicyclic) bond motifs is 2. The Hall–Kier alpha value is -1.82. The van der Waals surface area contributed by atoms with Gasteiger partial charge in [0, 0.05) is 24.4 Å². The number of anilines is 1. The van der Waals surface area contributed by atoms with E-state index >= 15 is 0 Å². The summed E-state index contributed by atoms with van der Waals surface area (Å²) in [6.07, 6.45) is 3.03. The molecule has 0 aliphatic carbocycles. The lowest BCUT2D eigenvalue weighted by atomic mass is 9.77. The quantitative estimate of drug-likeness (QED) is 0.783. The van der Waals surface area contributed by atoms with Gasteiger partial charge in [0.1, 0.15) is 10.9 Å². The van der Waals surface area contributed by atoms with Crippen LogP contribution in [0.4, 0.5) is 14.5 Å². The van der Waals surface area contributed by atoms with E-state index in [0.29, 0.717) is 17.3 Å². The lowest BCUT2D eigenvalue weighted by Gasteiger charge is -2.53. The molecule has 6 heteroatoms. The Morgan fingerprint density at radius 3 is 3.12 bits per heavy atom. The third kappa shape index (κ3) is 2.76. The van der Waals surface area contributed by atoms with Gasteiger partial charge in [0.05, 0.1) is 17.6 Å². The first-order valence-corrected chi connectivity index (χ1v) is 9.50. The van der Waals surface area contributed by atoms with E-state index in [1.54, 1.807) is 18.7 Å². The molecule has 1 aromatic carbocycles. The van der Waals surface area contributed by atoms with Crippen LogP contribution in [0.25, 0.3) is 0 Å². The molecule has 0 aromatic heterocycles. The maximum Gasteiger partial charge on any atom is 0.127 e. The van der Waals surface area contributed by atoms with Crippen LogP contribution in [0.5, 0.6) is 0 Å². The molecule has 2 unspecified atom stereocenters. The van der Waals surface area contributed by atoms with E-state index in [9.17, 15) is 8.78 Å². The van der Waals surface area contributed by atoms with Crippen LogP contribution in [0.1, 0.15) is 25.3 Å². The van der Waals surface area contributed by atoms with E-state index in [2.05, 4.69) is 22.6 Å². The molecular weight excluding hydrogens is 340 g/mol. The van der Waals surface area contributed by atoms with Crippen LogP contribution in [-0.4, -0.2) is 29.7 Å². The van der Waals surface area contributed by atoms with Crippen LogP contribution in [-0.2, 0) is 4.75 Å². The Bertz CT molecular complexity index is 774. The van der Waals surface area contributed by atoms with Crippen LogP contribution in [0.3, 0.4) is 0 Å². The fraction of sp³-hybridized carbons (Fsp3) is 0.421. The number of nitrogens with zero attached hydrogens (tertiary/aromatic N) is 2. The summed E-state index contributed by atoms with van der Waals surface area (Å²) in [6, 6.07) is 8.31. The van der Waals surface area contributed by atoms with Crippen LogP contribution in [0.15, 0.2) is 53.2 Å². The summed E-state index contributed by atoms with van der Waals surface area (Å²) < 4.78 is 27.1. The summed E-state index contributed by atoms with van der Waals surface area (Å²) in [5.74, 6) is 0.104. The number of thioether (sulfide) groups is 1. The highest BCUT2D eigenvalue weighted by molar-refractivity contribution is 8.15. The van der Waals surface area contributed by atoms with Crippen LogP contribution in [0.2, 0.25) is 0 Å². The van der Waals surface area contributed by atoms with Crippen molar-refractivity contribution in [1.82, 2.24) is 5.01 Å². The average Bonchev–Trinajstić information content (AvgIpc) is 2.65. The first-order chi connectivity index (χ1) is 12.2. The largest absolute Gasteiger partial charge is 0.384 e. The molecule has 3 nitrogen and oxygen atoms in total. The van der Waals surface area contributed by atoms with Gasteiger partial charge in [-0.05, 0) is 36.5 Å². The molecule has 25 heavy (non-hydrogen) atoms. The number of hydrazone groups is 1. The number of nitrogens with one attached hydrogen (secondary N) is 1.